The monoisotopic (exact) mass is 213 g/mol. The summed E-state index contributed by atoms with van der Waals surface area (Å²) in [4.78, 5) is 22.8. The summed E-state index contributed by atoms with van der Waals surface area (Å²) in [6.07, 6.45) is -0.976. The molecule has 1 rings (SSSR count). The van der Waals surface area contributed by atoms with Crippen LogP contribution in [0.4, 0.5) is 4.79 Å². The zero-order chi connectivity index (χ0) is 11.8. The highest BCUT2D eigenvalue weighted by atomic mass is 16.6. The molecular weight excluding hydrogens is 194 g/mol. The van der Waals surface area contributed by atoms with Gasteiger partial charge in [-0.2, -0.15) is 0 Å². The van der Waals surface area contributed by atoms with Crippen molar-refractivity contribution in [2.45, 2.75) is 40.7 Å². The van der Waals surface area contributed by atoms with Crippen LogP contribution in [0.3, 0.4) is 0 Å². The summed E-state index contributed by atoms with van der Waals surface area (Å²) in [5.41, 5.74) is -0.220. The van der Waals surface area contributed by atoms with Crippen molar-refractivity contribution in [3.63, 3.8) is 0 Å². The molecule has 2 amide bonds. The maximum atomic E-state index is 11.7. The van der Waals surface area contributed by atoms with Crippen LogP contribution in [0.25, 0.3) is 0 Å². The Morgan fingerprint density at radius 2 is 1.80 bits per heavy atom. The lowest BCUT2D eigenvalue weighted by molar-refractivity contribution is -0.139. The van der Waals surface area contributed by atoms with Gasteiger partial charge in [-0.3, -0.25) is 10.1 Å². The highest BCUT2D eigenvalue weighted by molar-refractivity contribution is 5.95. The molecule has 4 heteroatoms. The molecule has 2 unspecified atom stereocenters. The van der Waals surface area contributed by atoms with E-state index < -0.39 is 6.09 Å². The molecule has 0 aromatic carbocycles. The number of carbonyl (C=O) groups is 2. The topological polar surface area (TPSA) is 55.4 Å². The number of alkyl carbamates (subject to hydrolysis) is 1. The minimum atomic E-state index is -0.628. The molecule has 0 radical (unpaired) electrons. The Labute approximate surface area is 90.4 Å². The van der Waals surface area contributed by atoms with Gasteiger partial charge in [-0.1, -0.05) is 34.6 Å². The van der Waals surface area contributed by atoms with Gasteiger partial charge in [0.05, 0.1) is 5.92 Å². The molecule has 1 aliphatic heterocycles. The van der Waals surface area contributed by atoms with Gasteiger partial charge in [-0.15, -0.1) is 0 Å². The number of ether oxygens (including phenoxy) is 1. The maximum absolute atomic E-state index is 11.7. The fourth-order valence-electron chi connectivity index (χ4n) is 1.91. The summed E-state index contributed by atoms with van der Waals surface area (Å²) in [5.74, 6) is -0.328. The second-order valence-corrected chi connectivity index (χ2v) is 5.45. The van der Waals surface area contributed by atoms with Gasteiger partial charge in [0.15, 0.2) is 0 Å². The average Bonchev–Trinajstić information content (AvgIpc) is 1.99. The fourth-order valence-corrected chi connectivity index (χ4v) is 1.91. The number of nitrogens with one attached hydrogen (secondary N) is 1. The molecule has 0 bridgehead atoms. The van der Waals surface area contributed by atoms with E-state index in [1.165, 1.54) is 0 Å². The van der Waals surface area contributed by atoms with Crippen molar-refractivity contribution in [2.24, 2.45) is 17.3 Å². The van der Waals surface area contributed by atoms with Crippen LogP contribution < -0.4 is 5.32 Å². The standard InChI is InChI=1S/C11H19NO3/c1-6(2)7-8(11(3,4)5)15-10(14)12-9(7)13/h6-8H,1-5H3,(H,12,13,14). The first-order valence-corrected chi connectivity index (χ1v) is 5.25. The van der Waals surface area contributed by atoms with Gasteiger partial charge < -0.3 is 4.74 Å². The lowest BCUT2D eigenvalue weighted by Crippen LogP contribution is -2.55. The number of hydrogen-bond acceptors (Lipinski definition) is 3. The Kier molecular flexibility index (Phi) is 3.07. The Morgan fingerprint density at radius 1 is 1.27 bits per heavy atom. The third-order valence-electron chi connectivity index (χ3n) is 2.66. The first-order valence-electron chi connectivity index (χ1n) is 5.25. The van der Waals surface area contributed by atoms with E-state index in [4.69, 9.17) is 4.74 Å². The predicted octanol–water partition coefficient (Wildman–Crippen LogP) is 1.94. The number of imide groups is 1. The summed E-state index contributed by atoms with van der Waals surface area (Å²) in [5, 5.41) is 2.21. The van der Waals surface area contributed by atoms with E-state index in [0.717, 1.165) is 0 Å². The number of cyclic esters (lactones) is 1. The Balaban J connectivity index is 2.98. The molecule has 1 saturated heterocycles. The zero-order valence-electron chi connectivity index (χ0n) is 9.96. The molecule has 0 spiro atoms. The summed E-state index contributed by atoms with van der Waals surface area (Å²) in [6.45, 7) is 9.83. The summed E-state index contributed by atoms with van der Waals surface area (Å²) < 4.78 is 5.22. The highest BCUT2D eigenvalue weighted by Gasteiger charge is 2.45. The molecule has 1 heterocycles. The molecule has 1 fully saturated rings. The van der Waals surface area contributed by atoms with Crippen molar-refractivity contribution in [3.8, 4) is 0 Å². The van der Waals surface area contributed by atoms with Crippen LogP contribution in [0.5, 0.6) is 0 Å². The zero-order valence-corrected chi connectivity index (χ0v) is 9.96. The van der Waals surface area contributed by atoms with Crippen molar-refractivity contribution in [2.75, 3.05) is 0 Å². The molecule has 0 aromatic rings. The van der Waals surface area contributed by atoms with Crippen molar-refractivity contribution >= 4 is 12.0 Å². The smallest absolute Gasteiger partial charge is 0.414 e. The van der Waals surface area contributed by atoms with Crippen LogP contribution in [0, 0.1) is 17.3 Å². The van der Waals surface area contributed by atoms with E-state index in [2.05, 4.69) is 5.32 Å². The number of hydrogen-bond donors (Lipinski definition) is 1. The van der Waals surface area contributed by atoms with Gasteiger partial charge in [0, 0.05) is 0 Å². The second kappa shape index (κ2) is 3.83. The molecule has 15 heavy (non-hydrogen) atoms. The third-order valence-corrected chi connectivity index (χ3v) is 2.66. The van der Waals surface area contributed by atoms with Crippen molar-refractivity contribution in [1.29, 1.82) is 0 Å². The van der Waals surface area contributed by atoms with Gasteiger partial charge in [-0.05, 0) is 11.3 Å². The summed E-state index contributed by atoms with van der Waals surface area (Å²) in [6, 6.07) is 0. The summed E-state index contributed by atoms with van der Waals surface area (Å²) >= 11 is 0. The van der Waals surface area contributed by atoms with Gasteiger partial charge in [-0.25, -0.2) is 4.79 Å². The van der Waals surface area contributed by atoms with Crippen LogP contribution in [-0.2, 0) is 9.53 Å². The molecule has 0 saturated carbocycles. The largest absolute Gasteiger partial charge is 0.445 e. The molecule has 1 aliphatic rings. The second-order valence-electron chi connectivity index (χ2n) is 5.45. The first kappa shape index (κ1) is 12.0. The van der Waals surface area contributed by atoms with Crippen LogP contribution in [0.2, 0.25) is 0 Å². The van der Waals surface area contributed by atoms with Gasteiger partial charge >= 0.3 is 6.09 Å². The van der Waals surface area contributed by atoms with E-state index in [9.17, 15) is 9.59 Å². The van der Waals surface area contributed by atoms with Crippen molar-refractivity contribution < 1.29 is 14.3 Å². The van der Waals surface area contributed by atoms with Crippen LogP contribution in [0.1, 0.15) is 34.6 Å². The molecule has 86 valence electrons. The molecular formula is C11H19NO3. The molecule has 4 nitrogen and oxygen atoms in total. The SMILES string of the molecule is CC(C)C1C(=O)NC(=O)OC1C(C)(C)C. The Bertz CT molecular complexity index is 278. The van der Waals surface area contributed by atoms with Gasteiger partial charge in [0.25, 0.3) is 0 Å². The first-order chi connectivity index (χ1) is 6.73. The Morgan fingerprint density at radius 3 is 2.20 bits per heavy atom. The van der Waals surface area contributed by atoms with E-state index in [0.29, 0.717) is 0 Å². The summed E-state index contributed by atoms with van der Waals surface area (Å²) in [7, 11) is 0. The quantitative estimate of drug-likeness (QED) is 0.724. The van der Waals surface area contributed by atoms with E-state index in [1.807, 2.05) is 34.6 Å². The lowest BCUT2D eigenvalue weighted by atomic mass is 9.75. The molecule has 0 aromatic heterocycles. The van der Waals surface area contributed by atoms with Crippen LogP contribution in [-0.4, -0.2) is 18.1 Å². The number of carbonyl (C=O) groups excluding carboxylic acids is 2. The normalized spacial score (nSPS) is 27.6. The molecule has 1 N–H and O–H groups in total. The van der Waals surface area contributed by atoms with Gasteiger partial charge in [0.2, 0.25) is 5.91 Å². The molecule has 0 aliphatic carbocycles. The third kappa shape index (κ3) is 2.49. The maximum Gasteiger partial charge on any atom is 0.414 e. The lowest BCUT2D eigenvalue weighted by Gasteiger charge is -2.40. The minimum absolute atomic E-state index is 0.155. The average molecular weight is 213 g/mol. The Hall–Kier alpha value is -1.06. The molecule has 2 atom stereocenters. The fraction of sp³-hybridized carbons (Fsp3) is 0.818. The van der Waals surface area contributed by atoms with E-state index >= 15 is 0 Å². The minimum Gasteiger partial charge on any atom is -0.445 e. The van der Waals surface area contributed by atoms with Gasteiger partial charge in [0.1, 0.15) is 6.10 Å². The van der Waals surface area contributed by atoms with Crippen LogP contribution >= 0.6 is 0 Å². The van der Waals surface area contributed by atoms with E-state index in [-0.39, 0.29) is 29.3 Å². The predicted molar refractivity (Wildman–Crippen MR) is 56.2 cm³/mol. The van der Waals surface area contributed by atoms with Crippen LogP contribution in [0.15, 0.2) is 0 Å². The number of amides is 2. The van der Waals surface area contributed by atoms with Crippen molar-refractivity contribution in [3.05, 3.63) is 0 Å². The van der Waals surface area contributed by atoms with E-state index in [1.54, 1.807) is 0 Å². The highest BCUT2D eigenvalue weighted by Crippen LogP contribution is 2.34. The number of rotatable bonds is 1. The van der Waals surface area contributed by atoms with Crippen molar-refractivity contribution in [1.82, 2.24) is 5.32 Å².